The summed E-state index contributed by atoms with van der Waals surface area (Å²) in [6.45, 7) is 4.92. The minimum atomic E-state index is 0.279. The number of hydrogen-bond donors (Lipinski definition) is 2. The number of imidazole rings is 1. The van der Waals surface area contributed by atoms with Crippen LogP contribution in [0.2, 0.25) is 0 Å². The van der Waals surface area contributed by atoms with Crippen LogP contribution in [0.25, 0.3) is 38.3 Å². The molecule has 0 bridgehead atoms. The molecule has 5 aromatic rings. The Kier molecular flexibility index (Phi) is 5.01. The Labute approximate surface area is 195 Å². The first kappa shape index (κ1) is 20.2. The number of hydrogen-bond acceptors (Lipinski definition) is 7. The van der Waals surface area contributed by atoms with E-state index in [1.165, 1.54) is 11.9 Å². The topological polar surface area (TPSA) is 101 Å². The summed E-state index contributed by atoms with van der Waals surface area (Å²) in [5.41, 5.74) is 12.2. The summed E-state index contributed by atoms with van der Waals surface area (Å²) in [6.07, 6.45) is 4.77. The predicted molar refractivity (Wildman–Crippen MR) is 130 cm³/mol. The van der Waals surface area contributed by atoms with E-state index in [1.54, 1.807) is 11.3 Å². The van der Waals surface area contributed by atoms with Gasteiger partial charge < -0.3 is 5.73 Å². The number of nitrogens with two attached hydrogens (primary N) is 1. The molecular weight excluding hydrogens is 432 g/mol. The molecule has 166 valence electrons. The molecule has 1 unspecified atom stereocenters. The van der Waals surface area contributed by atoms with Crippen LogP contribution >= 0.6 is 11.3 Å². The summed E-state index contributed by atoms with van der Waals surface area (Å²) < 4.78 is 2.17. The molecule has 1 atom stereocenters. The van der Waals surface area contributed by atoms with Crippen LogP contribution in [0, 0.1) is 6.92 Å². The van der Waals surface area contributed by atoms with Gasteiger partial charge in [0.15, 0.2) is 5.82 Å². The zero-order valence-electron chi connectivity index (χ0n) is 18.3. The van der Waals surface area contributed by atoms with Crippen LogP contribution < -0.4 is 5.73 Å². The van der Waals surface area contributed by atoms with E-state index in [9.17, 15) is 0 Å². The number of H-pyrrole nitrogens is 1. The number of benzene rings is 1. The molecule has 1 fully saturated rings. The Morgan fingerprint density at radius 3 is 2.79 bits per heavy atom. The number of likely N-dealkylation sites (tertiary alicyclic amines) is 1. The maximum absolute atomic E-state index is 6.10. The minimum Gasteiger partial charge on any atom is -0.326 e. The Hall–Kier alpha value is -3.40. The predicted octanol–water partition coefficient (Wildman–Crippen LogP) is 3.75. The molecule has 9 heteroatoms. The lowest BCUT2D eigenvalue weighted by atomic mass is 10.1. The Balaban J connectivity index is 1.46. The first-order valence-electron chi connectivity index (χ1n) is 11.0. The molecule has 0 saturated carbocycles. The molecule has 6 rings (SSSR count). The van der Waals surface area contributed by atoms with Gasteiger partial charge in [-0.05, 0) is 25.0 Å². The fourth-order valence-corrected chi connectivity index (χ4v) is 5.64. The van der Waals surface area contributed by atoms with E-state index in [1.807, 2.05) is 25.1 Å². The Morgan fingerprint density at radius 1 is 1.15 bits per heavy atom. The highest BCUT2D eigenvalue weighted by molar-refractivity contribution is 7.18. The molecular formula is C24H24N8S. The number of fused-ring (bicyclic) bond motifs is 1. The van der Waals surface area contributed by atoms with Gasteiger partial charge in [0.05, 0.1) is 16.3 Å². The number of pyridine rings is 1. The van der Waals surface area contributed by atoms with Crippen LogP contribution in [0.3, 0.4) is 0 Å². The first-order chi connectivity index (χ1) is 16.2. The van der Waals surface area contributed by atoms with Gasteiger partial charge in [-0.25, -0.2) is 15.0 Å². The van der Waals surface area contributed by atoms with Gasteiger partial charge in [-0.15, -0.1) is 11.3 Å². The van der Waals surface area contributed by atoms with Gasteiger partial charge in [-0.3, -0.25) is 14.4 Å². The van der Waals surface area contributed by atoms with Gasteiger partial charge >= 0.3 is 0 Å². The molecule has 0 aliphatic carbocycles. The van der Waals surface area contributed by atoms with Crippen molar-refractivity contribution in [1.29, 1.82) is 0 Å². The van der Waals surface area contributed by atoms with Crippen LogP contribution in [0.15, 0.2) is 55.0 Å². The second-order valence-corrected chi connectivity index (χ2v) is 9.49. The van der Waals surface area contributed by atoms with Crippen molar-refractivity contribution in [1.82, 2.24) is 34.4 Å². The van der Waals surface area contributed by atoms with Gasteiger partial charge in [0, 0.05) is 37.4 Å². The van der Waals surface area contributed by atoms with Crippen molar-refractivity contribution in [2.75, 3.05) is 13.1 Å². The minimum absolute atomic E-state index is 0.279. The number of nitrogens with one attached hydrogen (secondary N) is 1. The molecule has 1 saturated heterocycles. The average Bonchev–Trinajstić information content (AvgIpc) is 3.60. The van der Waals surface area contributed by atoms with Crippen LogP contribution in [-0.2, 0) is 6.54 Å². The lowest BCUT2D eigenvalue weighted by Crippen LogP contribution is -2.26. The molecule has 3 N–H and O–H groups in total. The molecule has 0 radical (unpaired) electrons. The van der Waals surface area contributed by atoms with Gasteiger partial charge in [0.1, 0.15) is 22.7 Å². The molecule has 1 aromatic carbocycles. The van der Waals surface area contributed by atoms with Crippen molar-refractivity contribution in [3.05, 3.63) is 66.2 Å². The fraction of sp³-hybridized carbons (Fsp3) is 0.250. The maximum Gasteiger partial charge on any atom is 0.167 e. The van der Waals surface area contributed by atoms with Gasteiger partial charge in [-0.1, -0.05) is 36.4 Å². The van der Waals surface area contributed by atoms with Crippen LogP contribution in [0.5, 0.6) is 0 Å². The van der Waals surface area contributed by atoms with Crippen molar-refractivity contribution in [2.45, 2.75) is 25.9 Å². The zero-order chi connectivity index (χ0) is 22.4. The maximum atomic E-state index is 6.10. The van der Waals surface area contributed by atoms with Crippen molar-refractivity contribution >= 4 is 17.0 Å². The van der Waals surface area contributed by atoms with E-state index in [-0.39, 0.29) is 6.04 Å². The number of nitrogens with zero attached hydrogens (tertiary/aromatic N) is 6. The first-order valence-corrected chi connectivity index (χ1v) is 11.9. The summed E-state index contributed by atoms with van der Waals surface area (Å²) in [4.78, 5) is 17.7. The van der Waals surface area contributed by atoms with Crippen molar-refractivity contribution in [3.8, 4) is 32.7 Å². The lowest BCUT2D eigenvalue weighted by molar-refractivity contribution is 0.326. The molecule has 5 heterocycles. The Bertz CT molecular complexity index is 1400. The van der Waals surface area contributed by atoms with Crippen LogP contribution in [0.4, 0.5) is 0 Å². The van der Waals surface area contributed by atoms with E-state index in [2.05, 4.69) is 54.9 Å². The van der Waals surface area contributed by atoms with E-state index in [0.717, 1.165) is 70.1 Å². The summed E-state index contributed by atoms with van der Waals surface area (Å²) in [6, 6.07) is 14.7. The van der Waals surface area contributed by atoms with Crippen LogP contribution in [-0.4, -0.2) is 53.6 Å². The molecule has 33 heavy (non-hydrogen) atoms. The Morgan fingerprint density at radius 2 is 2.03 bits per heavy atom. The number of aromatic nitrogens is 6. The SMILES string of the molecule is Cc1nc2ccc(CN3CCC(N)C3)cn2c1-c1nc(-c2ccccc2)c(-c2ncn[nH]2)s1. The van der Waals surface area contributed by atoms with Crippen molar-refractivity contribution < 1.29 is 0 Å². The number of aromatic amines is 1. The van der Waals surface area contributed by atoms with Gasteiger partial charge in [-0.2, -0.15) is 5.10 Å². The van der Waals surface area contributed by atoms with E-state index < -0.39 is 0 Å². The van der Waals surface area contributed by atoms with E-state index in [4.69, 9.17) is 15.7 Å². The second-order valence-electron chi connectivity index (χ2n) is 8.49. The lowest BCUT2D eigenvalue weighted by Gasteiger charge is -2.15. The third kappa shape index (κ3) is 3.74. The normalized spacial score (nSPS) is 16.7. The van der Waals surface area contributed by atoms with E-state index >= 15 is 0 Å². The molecule has 8 nitrogen and oxygen atoms in total. The van der Waals surface area contributed by atoms with Gasteiger partial charge in [0.25, 0.3) is 0 Å². The molecule has 1 aliphatic heterocycles. The summed E-state index contributed by atoms with van der Waals surface area (Å²) in [5.74, 6) is 0.718. The third-order valence-corrected chi connectivity index (χ3v) is 7.14. The highest BCUT2D eigenvalue weighted by Crippen LogP contribution is 2.40. The highest BCUT2D eigenvalue weighted by Gasteiger charge is 2.23. The smallest absolute Gasteiger partial charge is 0.167 e. The van der Waals surface area contributed by atoms with Gasteiger partial charge in [0.2, 0.25) is 0 Å². The summed E-state index contributed by atoms with van der Waals surface area (Å²) in [7, 11) is 0. The van der Waals surface area contributed by atoms with Crippen molar-refractivity contribution in [3.63, 3.8) is 0 Å². The molecule has 0 amide bonds. The molecule has 4 aromatic heterocycles. The number of thiazole rings is 1. The third-order valence-electron chi connectivity index (χ3n) is 6.08. The summed E-state index contributed by atoms with van der Waals surface area (Å²) in [5, 5.41) is 7.96. The van der Waals surface area contributed by atoms with E-state index in [0.29, 0.717) is 0 Å². The largest absolute Gasteiger partial charge is 0.326 e. The molecule has 1 aliphatic rings. The fourth-order valence-electron chi connectivity index (χ4n) is 4.51. The highest BCUT2D eigenvalue weighted by atomic mass is 32.1. The van der Waals surface area contributed by atoms with Crippen LogP contribution in [0.1, 0.15) is 17.7 Å². The second kappa shape index (κ2) is 8.18. The average molecular weight is 457 g/mol. The zero-order valence-corrected chi connectivity index (χ0v) is 19.1. The number of aryl methyl sites for hydroxylation is 1. The quantitative estimate of drug-likeness (QED) is 0.418. The monoisotopic (exact) mass is 456 g/mol. The number of rotatable bonds is 5. The summed E-state index contributed by atoms with van der Waals surface area (Å²) >= 11 is 1.61. The van der Waals surface area contributed by atoms with Crippen molar-refractivity contribution in [2.24, 2.45) is 5.73 Å². The molecule has 0 spiro atoms. The standard InChI is InChI=1S/C24H24N8S/c1-15-21(32-12-16(7-8-19(32)28-15)11-31-10-9-18(25)13-31)24-29-20(17-5-3-2-4-6-17)22(33-24)23-26-14-27-30-23/h2-8,12,14,18H,9-11,13,25H2,1H3,(H,26,27,30).